The first-order valence-electron chi connectivity index (χ1n) is 9.16. The molecule has 26 heavy (non-hydrogen) atoms. The minimum absolute atomic E-state index is 0.0442. The highest BCUT2D eigenvalue weighted by molar-refractivity contribution is 6.11. The number of para-hydroxylation sites is 1. The number of H-pyrrole nitrogens is 1. The van der Waals surface area contributed by atoms with E-state index in [1.807, 2.05) is 36.4 Å². The molecule has 0 bridgehead atoms. The van der Waals surface area contributed by atoms with E-state index in [1.165, 1.54) is 0 Å². The molecule has 0 aliphatic heterocycles. The van der Waals surface area contributed by atoms with Crippen LogP contribution in [0.3, 0.4) is 0 Å². The molecule has 3 nitrogen and oxygen atoms in total. The molecule has 1 heterocycles. The number of hydrogen-bond acceptors (Lipinski definition) is 2. The molecule has 0 aliphatic rings. The van der Waals surface area contributed by atoms with Gasteiger partial charge in [-0.1, -0.05) is 61.9 Å². The number of aromatic nitrogens is 1. The lowest BCUT2D eigenvalue weighted by molar-refractivity contribution is 0.835. The largest absolute Gasteiger partial charge is 0.384 e. The van der Waals surface area contributed by atoms with Crippen LogP contribution in [0.15, 0.2) is 71.5 Å². The van der Waals surface area contributed by atoms with Gasteiger partial charge in [0.25, 0.3) is 5.56 Å². The van der Waals surface area contributed by atoms with E-state index in [4.69, 9.17) is 0 Å². The number of fused-ring (bicyclic) bond motifs is 3. The van der Waals surface area contributed by atoms with Gasteiger partial charge in [0, 0.05) is 23.1 Å². The number of pyridine rings is 1. The molecule has 0 saturated heterocycles. The fraction of sp³-hybridized carbons (Fsp3) is 0.174. The van der Waals surface area contributed by atoms with E-state index in [2.05, 4.69) is 47.6 Å². The second-order valence-electron chi connectivity index (χ2n) is 6.59. The van der Waals surface area contributed by atoms with Gasteiger partial charge in [0.05, 0.1) is 5.39 Å². The van der Waals surface area contributed by atoms with Crippen LogP contribution in [-0.4, -0.2) is 11.5 Å². The van der Waals surface area contributed by atoms with Crippen LogP contribution in [0.25, 0.3) is 32.8 Å². The second kappa shape index (κ2) is 7.04. The lowest BCUT2D eigenvalue weighted by Gasteiger charge is -2.14. The number of rotatable bonds is 5. The van der Waals surface area contributed by atoms with Crippen LogP contribution < -0.4 is 10.9 Å². The van der Waals surface area contributed by atoms with Crippen LogP contribution in [-0.2, 0) is 0 Å². The van der Waals surface area contributed by atoms with Crippen LogP contribution in [0.5, 0.6) is 0 Å². The van der Waals surface area contributed by atoms with Gasteiger partial charge in [0.1, 0.15) is 0 Å². The number of nitrogens with one attached hydrogen (secondary N) is 2. The standard InChI is InChI=1S/C23H22N2O/c1-2-3-13-24-21-15-17(16-9-5-4-6-10-16)14-19-18-11-7-8-12-20(18)25-23(26)22(19)21/h4-12,14-15,24H,2-3,13H2,1H3,(H,25,26). The highest BCUT2D eigenvalue weighted by Crippen LogP contribution is 2.32. The first-order chi connectivity index (χ1) is 12.8. The van der Waals surface area contributed by atoms with Crippen molar-refractivity contribution in [2.24, 2.45) is 0 Å². The third-order valence-corrected chi connectivity index (χ3v) is 4.78. The number of hydrogen-bond donors (Lipinski definition) is 2. The Balaban J connectivity index is 2.02. The Morgan fingerprint density at radius 1 is 0.885 bits per heavy atom. The Hall–Kier alpha value is -3.07. The van der Waals surface area contributed by atoms with Gasteiger partial charge < -0.3 is 10.3 Å². The van der Waals surface area contributed by atoms with Crippen LogP contribution in [0.2, 0.25) is 0 Å². The summed E-state index contributed by atoms with van der Waals surface area (Å²) in [5.41, 5.74) is 4.00. The number of benzene rings is 3. The summed E-state index contributed by atoms with van der Waals surface area (Å²) in [6, 6.07) is 22.5. The summed E-state index contributed by atoms with van der Waals surface area (Å²) >= 11 is 0. The minimum Gasteiger partial charge on any atom is -0.384 e. The molecule has 4 aromatic rings. The first kappa shape index (κ1) is 16.4. The van der Waals surface area contributed by atoms with Gasteiger partial charge in [0.2, 0.25) is 0 Å². The zero-order chi connectivity index (χ0) is 17.9. The van der Waals surface area contributed by atoms with E-state index < -0.39 is 0 Å². The molecule has 0 fully saturated rings. The normalized spacial score (nSPS) is 11.1. The number of aromatic amines is 1. The Kier molecular flexibility index (Phi) is 4.44. The first-order valence-corrected chi connectivity index (χ1v) is 9.16. The van der Waals surface area contributed by atoms with Crippen molar-refractivity contribution in [1.29, 1.82) is 0 Å². The minimum atomic E-state index is -0.0442. The Labute approximate surface area is 152 Å². The monoisotopic (exact) mass is 342 g/mol. The fourth-order valence-electron chi connectivity index (χ4n) is 3.45. The summed E-state index contributed by atoms with van der Waals surface area (Å²) in [6.45, 7) is 3.02. The number of anilines is 1. The van der Waals surface area contributed by atoms with Crippen molar-refractivity contribution in [1.82, 2.24) is 4.98 Å². The molecule has 0 saturated carbocycles. The van der Waals surface area contributed by atoms with Gasteiger partial charge >= 0.3 is 0 Å². The van der Waals surface area contributed by atoms with Crippen molar-refractivity contribution in [2.45, 2.75) is 19.8 Å². The predicted molar refractivity (Wildman–Crippen MR) is 111 cm³/mol. The average Bonchev–Trinajstić information content (AvgIpc) is 2.68. The summed E-state index contributed by atoms with van der Waals surface area (Å²) in [7, 11) is 0. The van der Waals surface area contributed by atoms with Crippen LogP contribution in [0.1, 0.15) is 19.8 Å². The summed E-state index contributed by atoms with van der Waals surface area (Å²) in [5, 5.41) is 6.28. The van der Waals surface area contributed by atoms with Crippen molar-refractivity contribution >= 4 is 27.4 Å². The Morgan fingerprint density at radius 3 is 2.46 bits per heavy atom. The van der Waals surface area contributed by atoms with Gasteiger partial charge in [-0.15, -0.1) is 0 Å². The molecule has 1 aromatic heterocycles. The summed E-state index contributed by atoms with van der Waals surface area (Å²) in [5.74, 6) is 0. The van der Waals surface area contributed by atoms with E-state index in [9.17, 15) is 4.79 Å². The fourth-order valence-corrected chi connectivity index (χ4v) is 3.45. The van der Waals surface area contributed by atoms with Crippen molar-refractivity contribution < 1.29 is 0 Å². The predicted octanol–water partition coefficient (Wildman–Crippen LogP) is 5.56. The molecule has 0 atom stereocenters. The molecule has 2 N–H and O–H groups in total. The topological polar surface area (TPSA) is 44.9 Å². The van der Waals surface area contributed by atoms with Crippen LogP contribution in [0.4, 0.5) is 5.69 Å². The van der Waals surface area contributed by atoms with E-state index in [1.54, 1.807) is 0 Å². The molecule has 3 aromatic carbocycles. The maximum Gasteiger partial charge on any atom is 0.258 e. The Bertz CT molecular complexity index is 1110. The van der Waals surface area contributed by atoms with E-state index in [-0.39, 0.29) is 5.56 Å². The van der Waals surface area contributed by atoms with Gasteiger partial charge in [-0.2, -0.15) is 0 Å². The van der Waals surface area contributed by atoms with E-state index in [0.29, 0.717) is 0 Å². The quantitative estimate of drug-likeness (QED) is 0.368. The maximum absolute atomic E-state index is 12.8. The van der Waals surface area contributed by atoms with Crippen molar-refractivity contribution in [3.05, 3.63) is 77.1 Å². The summed E-state index contributed by atoms with van der Waals surface area (Å²) in [6.07, 6.45) is 2.19. The molecule has 0 spiro atoms. The molecule has 130 valence electrons. The van der Waals surface area contributed by atoms with Crippen LogP contribution in [0, 0.1) is 0 Å². The third-order valence-electron chi connectivity index (χ3n) is 4.78. The average molecular weight is 342 g/mol. The molecule has 3 heteroatoms. The van der Waals surface area contributed by atoms with Gasteiger partial charge in [-0.3, -0.25) is 4.79 Å². The Morgan fingerprint density at radius 2 is 1.65 bits per heavy atom. The summed E-state index contributed by atoms with van der Waals surface area (Å²) < 4.78 is 0. The van der Waals surface area contributed by atoms with E-state index in [0.717, 1.165) is 57.9 Å². The van der Waals surface area contributed by atoms with Gasteiger partial charge in [0.15, 0.2) is 0 Å². The van der Waals surface area contributed by atoms with Crippen LogP contribution >= 0.6 is 0 Å². The van der Waals surface area contributed by atoms with Crippen molar-refractivity contribution in [3.63, 3.8) is 0 Å². The van der Waals surface area contributed by atoms with Gasteiger partial charge in [-0.05, 0) is 41.1 Å². The zero-order valence-corrected chi connectivity index (χ0v) is 14.9. The molecule has 0 aliphatic carbocycles. The molecular weight excluding hydrogens is 320 g/mol. The van der Waals surface area contributed by atoms with E-state index >= 15 is 0 Å². The van der Waals surface area contributed by atoms with Gasteiger partial charge in [-0.25, -0.2) is 0 Å². The maximum atomic E-state index is 12.8. The summed E-state index contributed by atoms with van der Waals surface area (Å²) in [4.78, 5) is 15.8. The lowest BCUT2D eigenvalue weighted by Crippen LogP contribution is -2.11. The molecular formula is C23H22N2O. The third kappa shape index (κ3) is 2.97. The molecule has 0 unspecified atom stereocenters. The molecule has 0 amide bonds. The zero-order valence-electron chi connectivity index (χ0n) is 14.9. The number of unbranched alkanes of at least 4 members (excludes halogenated alkanes) is 1. The molecule has 4 rings (SSSR count). The highest BCUT2D eigenvalue weighted by atomic mass is 16.1. The SMILES string of the molecule is CCCCNc1cc(-c2ccccc2)cc2c1c(=O)[nH]c1ccccc12. The molecule has 0 radical (unpaired) electrons. The second-order valence-corrected chi connectivity index (χ2v) is 6.59. The lowest BCUT2D eigenvalue weighted by atomic mass is 9.98. The smallest absolute Gasteiger partial charge is 0.258 e. The van der Waals surface area contributed by atoms with Crippen molar-refractivity contribution in [3.8, 4) is 11.1 Å². The highest BCUT2D eigenvalue weighted by Gasteiger charge is 2.12. The van der Waals surface area contributed by atoms with Crippen molar-refractivity contribution in [2.75, 3.05) is 11.9 Å².